The lowest BCUT2D eigenvalue weighted by Gasteiger charge is -2.07. The van der Waals surface area contributed by atoms with E-state index in [4.69, 9.17) is 10.3 Å². The third-order valence-electron chi connectivity index (χ3n) is 2.58. The average molecular weight is 386 g/mol. The Labute approximate surface area is 135 Å². The predicted molar refractivity (Wildman–Crippen MR) is 91.5 cm³/mol. The van der Waals surface area contributed by atoms with Crippen molar-refractivity contribution in [2.75, 3.05) is 5.32 Å². The van der Waals surface area contributed by atoms with Crippen molar-refractivity contribution in [3.8, 4) is 0 Å². The Morgan fingerprint density at radius 3 is 2.40 bits per heavy atom. The van der Waals surface area contributed by atoms with E-state index in [9.17, 15) is 0 Å². The first-order chi connectivity index (χ1) is 9.02. The number of halogens is 1. The number of nitrogens with one attached hydrogen (secondary N) is 1. The van der Waals surface area contributed by atoms with Crippen LogP contribution < -0.4 is 11.1 Å². The molecule has 0 aliphatic heterocycles. The van der Waals surface area contributed by atoms with Gasteiger partial charge in [-0.2, -0.15) is 0 Å². The van der Waals surface area contributed by atoms with Crippen molar-refractivity contribution in [3.05, 3.63) is 46.8 Å². The average Bonchev–Trinajstić information content (AvgIpc) is 2.71. The molecule has 0 saturated carbocycles. The first-order valence-corrected chi connectivity index (χ1v) is 6.10. The molecule has 0 atom stereocenters. The van der Waals surface area contributed by atoms with Crippen LogP contribution in [0, 0.1) is 20.8 Å². The standard InChI is InChI=1S/C14H18N4O.HI/c1-9-4-10(2)6-12(5-9)17-14(15)16-8-13-7-11(3)18-19-13;/h4-7H,8H2,1-3H3,(H3,15,16,17);1H. The molecular formula is C14H19IN4O. The Balaban J connectivity index is 0.00000200. The molecule has 0 fully saturated rings. The number of nitrogens with zero attached hydrogens (tertiary/aromatic N) is 2. The molecule has 2 rings (SSSR count). The van der Waals surface area contributed by atoms with Crippen LogP contribution in [0.3, 0.4) is 0 Å². The third-order valence-corrected chi connectivity index (χ3v) is 2.58. The number of benzene rings is 1. The second-order valence-electron chi connectivity index (χ2n) is 4.64. The summed E-state index contributed by atoms with van der Waals surface area (Å²) in [5.74, 6) is 1.06. The molecule has 0 aliphatic rings. The molecule has 0 bridgehead atoms. The van der Waals surface area contributed by atoms with E-state index in [0.717, 1.165) is 11.4 Å². The van der Waals surface area contributed by atoms with Crippen LogP contribution in [0.2, 0.25) is 0 Å². The molecule has 5 nitrogen and oxygen atoms in total. The molecule has 6 heteroatoms. The summed E-state index contributed by atoms with van der Waals surface area (Å²) in [5, 5.41) is 6.86. The molecule has 0 radical (unpaired) electrons. The number of nitrogens with two attached hydrogens (primary N) is 1. The fraction of sp³-hybridized carbons (Fsp3) is 0.286. The van der Waals surface area contributed by atoms with E-state index in [0.29, 0.717) is 18.3 Å². The molecule has 0 spiro atoms. The van der Waals surface area contributed by atoms with Gasteiger partial charge in [0.15, 0.2) is 11.7 Å². The number of hydrogen-bond donors (Lipinski definition) is 2. The van der Waals surface area contributed by atoms with E-state index in [1.165, 1.54) is 11.1 Å². The van der Waals surface area contributed by atoms with Crippen molar-refractivity contribution in [1.82, 2.24) is 5.16 Å². The first-order valence-electron chi connectivity index (χ1n) is 6.10. The van der Waals surface area contributed by atoms with Crippen molar-refractivity contribution in [1.29, 1.82) is 0 Å². The monoisotopic (exact) mass is 386 g/mol. The van der Waals surface area contributed by atoms with Gasteiger partial charge >= 0.3 is 0 Å². The maximum Gasteiger partial charge on any atom is 0.193 e. The van der Waals surface area contributed by atoms with Crippen molar-refractivity contribution in [2.24, 2.45) is 10.7 Å². The van der Waals surface area contributed by atoms with Gasteiger partial charge in [0.05, 0.1) is 5.69 Å². The summed E-state index contributed by atoms with van der Waals surface area (Å²) in [5.41, 5.74) is 9.98. The lowest BCUT2D eigenvalue weighted by Crippen LogP contribution is -2.22. The first kappa shape index (κ1) is 16.5. The largest absolute Gasteiger partial charge is 0.370 e. The van der Waals surface area contributed by atoms with E-state index in [1.54, 1.807) is 0 Å². The zero-order valence-corrected chi connectivity index (χ0v) is 14.1. The van der Waals surface area contributed by atoms with Crippen LogP contribution in [-0.2, 0) is 6.54 Å². The molecule has 20 heavy (non-hydrogen) atoms. The quantitative estimate of drug-likeness (QED) is 0.483. The molecule has 0 aliphatic carbocycles. The second kappa shape index (κ2) is 7.28. The minimum Gasteiger partial charge on any atom is -0.370 e. The van der Waals surface area contributed by atoms with Crippen molar-refractivity contribution >= 4 is 35.6 Å². The van der Waals surface area contributed by atoms with Crippen LogP contribution in [0.25, 0.3) is 0 Å². The Morgan fingerprint density at radius 1 is 1.20 bits per heavy atom. The Kier molecular flexibility index (Phi) is 6.00. The zero-order valence-electron chi connectivity index (χ0n) is 11.8. The van der Waals surface area contributed by atoms with Crippen molar-refractivity contribution in [3.63, 3.8) is 0 Å². The Hall–Kier alpha value is -1.57. The van der Waals surface area contributed by atoms with Gasteiger partial charge in [-0.3, -0.25) is 0 Å². The maximum absolute atomic E-state index is 5.84. The van der Waals surface area contributed by atoms with Crippen LogP contribution in [-0.4, -0.2) is 11.1 Å². The van der Waals surface area contributed by atoms with Gasteiger partial charge in [-0.05, 0) is 44.0 Å². The van der Waals surface area contributed by atoms with Crippen LogP contribution in [0.5, 0.6) is 0 Å². The zero-order chi connectivity index (χ0) is 13.8. The highest BCUT2D eigenvalue weighted by Crippen LogP contribution is 2.13. The summed E-state index contributed by atoms with van der Waals surface area (Å²) in [7, 11) is 0. The number of guanidine groups is 1. The van der Waals surface area contributed by atoms with E-state index < -0.39 is 0 Å². The molecule has 0 unspecified atom stereocenters. The van der Waals surface area contributed by atoms with Crippen LogP contribution in [0.15, 0.2) is 33.8 Å². The van der Waals surface area contributed by atoms with Gasteiger partial charge in [-0.15, -0.1) is 24.0 Å². The van der Waals surface area contributed by atoms with Crippen LogP contribution >= 0.6 is 24.0 Å². The molecule has 1 heterocycles. The number of aliphatic imine (C=N–C) groups is 1. The summed E-state index contributed by atoms with van der Waals surface area (Å²) >= 11 is 0. The number of anilines is 1. The Morgan fingerprint density at radius 2 is 1.85 bits per heavy atom. The summed E-state index contributed by atoms with van der Waals surface area (Å²) < 4.78 is 5.06. The minimum atomic E-state index is 0. The lowest BCUT2D eigenvalue weighted by atomic mass is 10.1. The maximum atomic E-state index is 5.84. The minimum absolute atomic E-state index is 0. The number of rotatable bonds is 3. The molecule has 0 amide bonds. The van der Waals surface area contributed by atoms with E-state index >= 15 is 0 Å². The highest BCUT2D eigenvalue weighted by molar-refractivity contribution is 14.0. The lowest BCUT2D eigenvalue weighted by molar-refractivity contribution is 0.381. The third kappa shape index (κ3) is 4.84. The second-order valence-corrected chi connectivity index (χ2v) is 4.64. The van der Waals surface area contributed by atoms with Gasteiger partial charge in [0, 0.05) is 11.8 Å². The van der Waals surface area contributed by atoms with Crippen LogP contribution in [0.4, 0.5) is 5.69 Å². The van der Waals surface area contributed by atoms with Gasteiger partial charge in [-0.25, -0.2) is 4.99 Å². The number of aromatic nitrogens is 1. The normalized spacial score (nSPS) is 11.1. The van der Waals surface area contributed by atoms with E-state index in [2.05, 4.69) is 21.5 Å². The highest BCUT2D eigenvalue weighted by atomic mass is 127. The molecule has 1 aromatic heterocycles. The summed E-state index contributed by atoms with van der Waals surface area (Å²) in [4.78, 5) is 4.21. The molecular weight excluding hydrogens is 367 g/mol. The summed E-state index contributed by atoms with van der Waals surface area (Å²) in [6.45, 7) is 6.34. The van der Waals surface area contributed by atoms with Gasteiger partial charge in [0.1, 0.15) is 6.54 Å². The molecule has 0 saturated heterocycles. The smallest absolute Gasteiger partial charge is 0.193 e. The van der Waals surface area contributed by atoms with E-state index in [1.807, 2.05) is 39.0 Å². The molecule has 3 N–H and O–H groups in total. The van der Waals surface area contributed by atoms with Gasteiger partial charge in [0.2, 0.25) is 0 Å². The highest BCUT2D eigenvalue weighted by Gasteiger charge is 2.01. The van der Waals surface area contributed by atoms with E-state index in [-0.39, 0.29) is 24.0 Å². The molecule has 1 aromatic carbocycles. The van der Waals surface area contributed by atoms with Crippen LogP contribution in [0.1, 0.15) is 22.6 Å². The number of aryl methyl sites for hydroxylation is 3. The van der Waals surface area contributed by atoms with Gasteiger partial charge < -0.3 is 15.6 Å². The molecule has 108 valence electrons. The number of hydrogen-bond acceptors (Lipinski definition) is 3. The topological polar surface area (TPSA) is 76.4 Å². The summed E-state index contributed by atoms with van der Waals surface area (Å²) in [6.07, 6.45) is 0. The van der Waals surface area contributed by atoms with Crippen molar-refractivity contribution in [2.45, 2.75) is 27.3 Å². The Bertz CT molecular complexity index is 587. The predicted octanol–water partition coefficient (Wildman–Crippen LogP) is 3.14. The summed E-state index contributed by atoms with van der Waals surface area (Å²) in [6, 6.07) is 7.99. The van der Waals surface area contributed by atoms with Crippen molar-refractivity contribution < 1.29 is 4.52 Å². The van der Waals surface area contributed by atoms with Gasteiger partial charge in [-0.1, -0.05) is 11.2 Å². The fourth-order valence-electron chi connectivity index (χ4n) is 1.89. The van der Waals surface area contributed by atoms with Gasteiger partial charge in [0.25, 0.3) is 0 Å². The fourth-order valence-corrected chi connectivity index (χ4v) is 1.89. The SMILES string of the molecule is Cc1cc(C)cc(NC(N)=NCc2cc(C)no2)c1.I. The molecule has 2 aromatic rings.